The number of aromatic nitrogens is 1. The molecular weight excluding hydrogens is 291 g/mol. The standard InChI is InChI=1S/C14H9ClF3NO/c1-8-6-9(14(16,17)18)2-4-11(8)13(20)12-5-3-10(15)7-19-12/h2-7H,1H3. The Hall–Kier alpha value is -1.88. The number of halogens is 4. The van der Waals surface area contributed by atoms with Crippen LogP contribution in [-0.4, -0.2) is 10.8 Å². The molecule has 0 atom stereocenters. The highest BCUT2D eigenvalue weighted by Crippen LogP contribution is 2.30. The van der Waals surface area contributed by atoms with Crippen molar-refractivity contribution < 1.29 is 18.0 Å². The molecule has 0 aliphatic rings. The third-order valence-corrected chi connectivity index (χ3v) is 2.98. The first-order valence-electron chi connectivity index (χ1n) is 5.63. The van der Waals surface area contributed by atoms with Crippen molar-refractivity contribution in [1.29, 1.82) is 0 Å². The van der Waals surface area contributed by atoms with E-state index in [9.17, 15) is 18.0 Å². The Morgan fingerprint density at radius 1 is 1.20 bits per heavy atom. The highest BCUT2D eigenvalue weighted by molar-refractivity contribution is 6.30. The molecule has 2 aromatic rings. The summed E-state index contributed by atoms with van der Waals surface area (Å²) in [4.78, 5) is 16.0. The lowest BCUT2D eigenvalue weighted by atomic mass is 9.99. The quantitative estimate of drug-likeness (QED) is 0.774. The first-order valence-corrected chi connectivity index (χ1v) is 6.01. The largest absolute Gasteiger partial charge is 0.416 e. The van der Waals surface area contributed by atoms with E-state index in [-0.39, 0.29) is 16.8 Å². The van der Waals surface area contributed by atoms with Crippen LogP contribution >= 0.6 is 11.6 Å². The summed E-state index contributed by atoms with van der Waals surface area (Å²) in [5, 5.41) is 0.380. The maximum atomic E-state index is 12.6. The first kappa shape index (κ1) is 14.5. The first-order chi connectivity index (χ1) is 9.29. The molecule has 0 bridgehead atoms. The van der Waals surface area contributed by atoms with Crippen LogP contribution in [0, 0.1) is 6.92 Å². The molecule has 1 aromatic carbocycles. The van der Waals surface area contributed by atoms with Gasteiger partial charge in [0, 0.05) is 11.8 Å². The molecule has 6 heteroatoms. The molecule has 0 unspecified atom stereocenters. The summed E-state index contributed by atoms with van der Waals surface area (Å²) in [5.41, 5.74) is -0.206. The van der Waals surface area contributed by atoms with Gasteiger partial charge in [-0.15, -0.1) is 0 Å². The summed E-state index contributed by atoms with van der Waals surface area (Å²) in [7, 11) is 0. The number of aryl methyl sites for hydroxylation is 1. The van der Waals surface area contributed by atoms with Crippen molar-refractivity contribution in [2.24, 2.45) is 0 Å². The zero-order valence-electron chi connectivity index (χ0n) is 10.3. The zero-order valence-corrected chi connectivity index (χ0v) is 11.1. The van der Waals surface area contributed by atoms with Gasteiger partial charge >= 0.3 is 6.18 Å². The van der Waals surface area contributed by atoms with Gasteiger partial charge in [0.1, 0.15) is 5.69 Å². The molecule has 1 heterocycles. The van der Waals surface area contributed by atoms with E-state index in [0.29, 0.717) is 5.02 Å². The van der Waals surface area contributed by atoms with E-state index in [1.54, 1.807) is 0 Å². The van der Waals surface area contributed by atoms with Gasteiger partial charge < -0.3 is 0 Å². The zero-order chi connectivity index (χ0) is 14.9. The third kappa shape index (κ3) is 2.99. The molecule has 0 spiro atoms. The van der Waals surface area contributed by atoms with Crippen LogP contribution in [0.1, 0.15) is 27.2 Å². The predicted molar refractivity (Wildman–Crippen MR) is 68.9 cm³/mol. The fraction of sp³-hybridized carbons (Fsp3) is 0.143. The third-order valence-electron chi connectivity index (χ3n) is 2.76. The minimum atomic E-state index is -4.43. The van der Waals surface area contributed by atoms with Crippen LogP contribution in [0.15, 0.2) is 36.5 Å². The second kappa shape index (κ2) is 5.25. The van der Waals surface area contributed by atoms with Crippen LogP contribution in [0.25, 0.3) is 0 Å². The van der Waals surface area contributed by atoms with Gasteiger partial charge in [0.2, 0.25) is 5.78 Å². The van der Waals surface area contributed by atoms with Gasteiger partial charge in [-0.2, -0.15) is 13.2 Å². The molecule has 0 amide bonds. The van der Waals surface area contributed by atoms with Crippen LogP contribution in [0.2, 0.25) is 5.02 Å². The van der Waals surface area contributed by atoms with Crippen molar-refractivity contribution >= 4 is 17.4 Å². The van der Waals surface area contributed by atoms with Crippen LogP contribution in [0.4, 0.5) is 13.2 Å². The number of benzene rings is 1. The average molecular weight is 300 g/mol. The van der Waals surface area contributed by atoms with Crippen molar-refractivity contribution in [2.75, 3.05) is 0 Å². The second-order valence-electron chi connectivity index (χ2n) is 4.22. The number of carbonyl (C=O) groups excluding carboxylic acids is 1. The minimum absolute atomic E-state index is 0.136. The van der Waals surface area contributed by atoms with Crippen molar-refractivity contribution in [1.82, 2.24) is 4.98 Å². The number of hydrogen-bond donors (Lipinski definition) is 0. The number of alkyl halides is 3. The summed E-state index contributed by atoms with van der Waals surface area (Å²) in [5.74, 6) is -0.437. The van der Waals surface area contributed by atoms with Gasteiger partial charge in [0.05, 0.1) is 10.6 Å². The topological polar surface area (TPSA) is 30.0 Å². The minimum Gasteiger partial charge on any atom is -0.287 e. The Morgan fingerprint density at radius 2 is 1.90 bits per heavy atom. The Kier molecular flexibility index (Phi) is 3.81. The summed E-state index contributed by atoms with van der Waals surface area (Å²) in [6, 6.07) is 5.93. The molecule has 0 radical (unpaired) electrons. The van der Waals surface area contributed by atoms with Crippen molar-refractivity contribution in [2.45, 2.75) is 13.1 Å². The summed E-state index contributed by atoms with van der Waals surface area (Å²) in [6.45, 7) is 1.46. The maximum absolute atomic E-state index is 12.6. The Morgan fingerprint density at radius 3 is 2.40 bits per heavy atom. The molecule has 0 aliphatic carbocycles. The van der Waals surface area contributed by atoms with Crippen LogP contribution in [-0.2, 0) is 6.18 Å². The molecule has 0 fully saturated rings. The Bertz CT molecular complexity index is 650. The van der Waals surface area contributed by atoms with Gasteiger partial charge in [-0.05, 0) is 36.8 Å². The van der Waals surface area contributed by atoms with Crippen LogP contribution in [0.3, 0.4) is 0 Å². The molecular formula is C14H9ClF3NO. The molecule has 2 nitrogen and oxygen atoms in total. The fourth-order valence-corrected chi connectivity index (χ4v) is 1.85. The monoisotopic (exact) mass is 299 g/mol. The molecule has 0 aliphatic heterocycles. The number of ketones is 1. The lowest BCUT2D eigenvalue weighted by Crippen LogP contribution is -2.09. The van der Waals surface area contributed by atoms with Crippen molar-refractivity contribution in [3.63, 3.8) is 0 Å². The Balaban J connectivity index is 2.38. The smallest absolute Gasteiger partial charge is 0.287 e. The highest BCUT2D eigenvalue weighted by Gasteiger charge is 2.31. The number of pyridine rings is 1. The van der Waals surface area contributed by atoms with Gasteiger partial charge in [0.25, 0.3) is 0 Å². The van der Waals surface area contributed by atoms with E-state index in [4.69, 9.17) is 11.6 Å². The molecule has 0 saturated carbocycles. The number of rotatable bonds is 2. The average Bonchev–Trinajstić information content (AvgIpc) is 2.37. The van der Waals surface area contributed by atoms with Crippen molar-refractivity contribution in [3.8, 4) is 0 Å². The number of carbonyl (C=O) groups is 1. The van der Waals surface area contributed by atoms with Crippen LogP contribution < -0.4 is 0 Å². The van der Waals surface area contributed by atoms with E-state index in [1.165, 1.54) is 25.3 Å². The second-order valence-corrected chi connectivity index (χ2v) is 4.65. The van der Waals surface area contributed by atoms with E-state index < -0.39 is 17.5 Å². The normalized spacial score (nSPS) is 11.4. The summed E-state index contributed by atoms with van der Waals surface area (Å²) in [6.07, 6.45) is -3.11. The number of hydrogen-bond acceptors (Lipinski definition) is 2. The van der Waals surface area contributed by atoms with Gasteiger partial charge in [-0.3, -0.25) is 9.78 Å². The van der Waals surface area contributed by atoms with Crippen LogP contribution in [0.5, 0.6) is 0 Å². The molecule has 2 rings (SSSR count). The molecule has 0 saturated heterocycles. The Labute approximate surface area is 118 Å². The summed E-state index contributed by atoms with van der Waals surface area (Å²) >= 11 is 5.67. The number of nitrogens with zero attached hydrogens (tertiary/aromatic N) is 1. The lowest BCUT2D eigenvalue weighted by Gasteiger charge is -2.10. The molecule has 104 valence electrons. The van der Waals surface area contributed by atoms with E-state index in [2.05, 4.69) is 4.98 Å². The predicted octanol–water partition coefficient (Wildman–Crippen LogP) is 4.29. The molecule has 0 N–H and O–H groups in total. The lowest BCUT2D eigenvalue weighted by molar-refractivity contribution is -0.137. The SMILES string of the molecule is Cc1cc(C(F)(F)F)ccc1C(=O)c1ccc(Cl)cn1. The van der Waals surface area contributed by atoms with E-state index >= 15 is 0 Å². The van der Waals surface area contributed by atoms with Gasteiger partial charge in [-0.1, -0.05) is 17.7 Å². The highest BCUT2D eigenvalue weighted by atomic mass is 35.5. The fourth-order valence-electron chi connectivity index (χ4n) is 1.74. The molecule has 1 aromatic heterocycles. The molecule has 20 heavy (non-hydrogen) atoms. The maximum Gasteiger partial charge on any atom is 0.416 e. The summed E-state index contributed by atoms with van der Waals surface area (Å²) < 4.78 is 37.7. The van der Waals surface area contributed by atoms with Gasteiger partial charge in [0.15, 0.2) is 0 Å². The van der Waals surface area contributed by atoms with E-state index in [0.717, 1.165) is 18.2 Å². The van der Waals surface area contributed by atoms with E-state index in [1.807, 2.05) is 0 Å². The van der Waals surface area contributed by atoms with Crippen molar-refractivity contribution in [3.05, 3.63) is 63.9 Å². The van der Waals surface area contributed by atoms with Gasteiger partial charge in [-0.25, -0.2) is 0 Å².